The highest BCUT2D eigenvalue weighted by molar-refractivity contribution is 6.04. The number of H-pyrrole nitrogens is 1. The molecule has 1 aromatic heterocycles. The van der Waals surface area contributed by atoms with Crippen LogP contribution in [0.4, 0.5) is 0 Å². The van der Waals surface area contributed by atoms with E-state index in [1.54, 1.807) is 19.9 Å². The van der Waals surface area contributed by atoms with E-state index in [4.69, 9.17) is 4.74 Å². The van der Waals surface area contributed by atoms with Crippen LogP contribution in [0.1, 0.15) is 44.6 Å². The molecule has 2 aromatic rings. The summed E-state index contributed by atoms with van der Waals surface area (Å²) in [7, 11) is 0. The molecule has 0 aliphatic carbocycles. The summed E-state index contributed by atoms with van der Waals surface area (Å²) in [5, 5.41) is 2.39. The van der Waals surface area contributed by atoms with Gasteiger partial charge in [-0.25, -0.2) is 0 Å². The molecule has 0 fully saturated rings. The molecule has 2 rings (SSSR count). The summed E-state index contributed by atoms with van der Waals surface area (Å²) in [5.74, 6) is -1.78. The zero-order chi connectivity index (χ0) is 20.7. The topological polar surface area (TPSA) is 105 Å². The van der Waals surface area contributed by atoms with E-state index in [9.17, 15) is 19.2 Å². The fourth-order valence-corrected chi connectivity index (χ4v) is 2.78. The molecule has 0 bridgehead atoms. The third kappa shape index (κ3) is 5.51. The molecular formula is C21H22N2O5. The molecule has 0 atom stereocenters. The Labute approximate surface area is 162 Å². The number of aromatic amines is 1. The lowest BCUT2D eigenvalue weighted by Gasteiger charge is -2.05. The number of aromatic nitrogens is 1. The van der Waals surface area contributed by atoms with Crippen molar-refractivity contribution in [2.75, 3.05) is 13.2 Å². The first kappa shape index (κ1) is 20.8. The Hall–Kier alpha value is -3.48. The second-order valence-corrected chi connectivity index (χ2v) is 6.23. The Morgan fingerprint density at radius 2 is 1.79 bits per heavy atom. The van der Waals surface area contributed by atoms with Crippen LogP contribution in [0.5, 0.6) is 0 Å². The Kier molecular flexibility index (Phi) is 7.03. The second kappa shape index (κ2) is 9.45. The summed E-state index contributed by atoms with van der Waals surface area (Å²) in [6, 6.07) is 9.24. The first-order valence-electron chi connectivity index (χ1n) is 8.69. The lowest BCUT2D eigenvalue weighted by atomic mass is 10.1. The van der Waals surface area contributed by atoms with Crippen LogP contribution in [0.3, 0.4) is 0 Å². The van der Waals surface area contributed by atoms with E-state index >= 15 is 0 Å². The molecule has 146 valence electrons. The highest BCUT2D eigenvalue weighted by Gasteiger charge is 2.20. The Balaban J connectivity index is 1.82. The number of Topliss-reactive ketones (excluding diaryl/α,β-unsaturated/α-hetero) is 2. The van der Waals surface area contributed by atoms with E-state index < -0.39 is 24.3 Å². The normalized spacial score (nSPS) is 10.7. The first-order chi connectivity index (χ1) is 13.3. The van der Waals surface area contributed by atoms with Crippen LogP contribution < -0.4 is 5.32 Å². The molecule has 2 N–H and O–H groups in total. The molecule has 1 heterocycles. The van der Waals surface area contributed by atoms with Crippen molar-refractivity contribution in [3.63, 3.8) is 0 Å². The summed E-state index contributed by atoms with van der Waals surface area (Å²) in [6.45, 7) is 3.95. The average Bonchev–Trinajstić information content (AvgIpc) is 2.97. The Morgan fingerprint density at radius 1 is 1.11 bits per heavy atom. The monoisotopic (exact) mass is 382 g/mol. The minimum atomic E-state index is -0.734. The molecule has 0 aliphatic rings. The van der Waals surface area contributed by atoms with Crippen LogP contribution >= 0.6 is 0 Å². The van der Waals surface area contributed by atoms with E-state index in [0.29, 0.717) is 16.8 Å². The van der Waals surface area contributed by atoms with Gasteiger partial charge < -0.3 is 15.0 Å². The smallest absolute Gasteiger partial charge is 0.325 e. The lowest BCUT2D eigenvalue weighted by Crippen LogP contribution is -2.30. The summed E-state index contributed by atoms with van der Waals surface area (Å²) < 4.78 is 4.90. The van der Waals surface area contributed by atoms with Crippen LogP contribution in [-0.2, 0) is 14.3 Å². The van der Waals surface area contributed by atoms with Gasteiger partial charge in [0.05, 0.1) is 5.69 Å². The van der Waals surface area contributed by atoms with Gasteiger partial charge >= 0.3 is 5.97 Å². The molecule has 1 amide bonds. The fourth-order valence-electron chi connectivity index (χ4n) is 2.78. The van der Waals surface area contributed by atoms with E-state index in [0.717, 1.165) is 5.56 Å². The number of aryl methyl sites for hydroxylation is 1. The van der Waals surface area contributed by atoms with Crippen molar-refractivity contribution in [3.05, 3.63) is 64.5 Å². The van der Waals surface area contributed by atoms with Crippen molar-refractivity contribution >= 4 is 29.5 Å². The van der Waals surface area contributed by atoms with E-state index in [2.05, 4.69) is 10.3 Å². The zero-order valence-corrected chi connectivity index (χ0v) is 16.0. The van der Waals surface area contributed by atoms with Crippen molar-refractivity contribution in [1.82, 2.24) is 10.3 Å². The number of hydrogen-bond acceptors (Lipinski definition) is 5. The highest BCUT2D eigenvalue weighted by Crippen LogP contribution is 2.18. The minimum absolute atomic E-state index is 0.145. The van der Waals surface area contributed by atoms with Gasteiger partial charge in [0.1, 0.15) is 6.54 Å². The maximum absolute atomic E-state index is 12.2. The number of hydrogen-bond donors (Lipinski definition) is 2. The summed E-state index contributed by atoms with van der Waals surface area (Å²) in [6.07, 6.45) is 2.93. The SMILES string of the molecule is CC(=O)c1c(C)[nH]c(C(=O)COC(=O)CNC(=O)/C=C/c2ccccc2)c1C. The number of amides is 1. The fraction of sp³-hybridized carbons (Fsp3) is 0.238. The summed E-state index contributed by atoms with van der Waals surface area (Å²) >= 11 is 0. The average molecular weight is 382 g/mol. The largest absolute Gasteiger partial charge is 0.456 e. The number of esters is 1. The molecule has 0 aliphatic heterocycles. The zero-order valence-electron chi connectivity index (χ0n) is 16.0. The molecular weight excluding hydrogens is 360 g/mol. The number of nitrogens with one attached hydrogen (secondary N) is 2. The van der Waals surface area contributed by atoms with E-state index in [-0.39, 0.29) is 18.0 Å². The number of ketones is 2. The van der Waals surface area contributed by atoms with Gasteiger partial charge in [0.15, 0.2) is 12.4 Å². The molecule has 0 saturated heterocycles. The quantitative estimate of drug-likeness (QED) is 0.414. The molecule has 0 saturated carbocycles. The van der Waals surface area contributed by atoms with Gasteiger partial charge in [0.25, 0.3) is 0 Å². The third-order valence-corrected chi connectivity index (χ3v) is 4.07. The van der Waals surface area contributed by atoms with E-state index in [1.807, 2.05) is 30.3 Å². The van der Waals surface area contributed by atoms with Gasteiger partial charge in [-0.2, -0.15) is 0 Å². The van der Waals surface area contributed by atoms with Crippen molar-refractivity contribution in [2.24, 2.45) is 0 Å². The standard InChI is InChI=1S/C21H22N2O5/c1-13-20(15(3)24)14(2)23-21(13)17(25)12-28-19(27)11-22-18(26)10-9-16-7-5-4-6-8-16/h4-10,23H,11-12H2,1-3H3,(H,22,26)/b10-9+. The summed E-state index contributed by atoms with van der Waals surface area (Å²) in [5.41, 5.74) is 2.69. The van der Waals surface area contributed by atoms with Gasteiger partial charge in [0, 0.05) is 17.3 Å². The first-order valence-corrected chi connectivity index (χ1v) is 8.69. The van der Waals surface area contributed by atoms with Crippen molar-refractivity contribution in [3.8, 4) is 0 Å². The molecule has 0 spiro atoms. The number of ether oxygens (including phenoxy) is 1. The van der Waals surface area contributed by atoms with Crippen LogP contribution in [0.15, 0.2) is 36.4 Å². The van der Waals surface area contributed by atoms with Gasteiger partial charge in [0.2, 0.25) is 11.7 Å². The molecule has 7 nitrogen and oxygen atoms in total. The predicted octanol–water partition coefficient (Wildman–Crippen LogP) is 2.39. The molecule has 7 heteroatoms. The highest BCUT2D eigenvalue weighted by atomic mass is 16.5. The number of carbonyl (C=O) groups excluding carboxylic acids is 4. The lowest BCUT2D eigenvalue weighted by molar-refractivity contribution is -0.142. The van der Waals surface area contributed by atoms with Crippen molar-refractivity contribution < 1.29 is 23.9 Å². The third-order valence-electron chi connectivity index (χ3n) is 4.07. The molecule has 1 aromatic carbocycles. The Morgan fingerprint density at radius 3 is 2.39 bits per heavy atom. The van der Waals surface area contributed by atoms with Crippen LogP contribution in [0.2, 0.25) is 0 Å². The summed E-state index contributed by atoms with van der Waals surface area (Å²) in [4.78, 5) is 50.2. The number of rotatable bonds is 8. The molecule has 0 unspecified atom stereocenters. The predicted molar refractivity (Wildman–Crippen MR) is 104 cm³/mol. The second-order valence-electron chi connectivity index (χ2n) is 6.23. The number of carbonyl (C=O) groups is 4. The van der Waals surface area contributed by atoms with E-state index in [1.165, 1.54) is 13.0 Å². The van der Waals surface area contributed by atoms with Gasteiger partial charge in [-0.05, 0) is 38.0 Å². The minimum Gasteiger partial charge on any atom is -0.456 e. The molecule has 0 radical (unpaired) electrons. The Bertz CT molecular complexity index is 926. The van der Waals surface area contributed by atoms with Crippen LogP contribution in [0.25, 0.3) is 6.08 Å². The molecule has 28 heavy (non-hydrogen) atoms. The number of benzene rings is 1. The van der Waals surface area contributed by atoms with Crippen LogP contribution in [-0.4, -0.2) is 41.6 Å². The van der Waals surface area contributed by atoms with Crippen molar-refractivity contribution in [1.29, 1.82) is 0 Å². The van der Waals surface area contributed by atoms with Gasteiger partial charge in [-0.15, -0.1) is 0 Å². The van der Waals surface area contributed by atoms with Gasteiger partial charge in [-0.1, -0.05) is 30.3 Å². The van der Waals surface area contributed by atoms with Gasteiger partial charge in [-0.3, -0.25) is 19.2 Å². The maximum atomic E-state index is 12.2. The van der Waals surface area contributed by atoms with Crippen molar-refractivity contribution in [2.45, 2.75) is 20.8 Å². The maximum Gasteiger partial charge on any atom is 0.325 e. The van der Waals surface area contributed by atoms with Crippen LogP contribution in [0, 0.1) is 13.8 Å².